The van der Waals surface area contributed by atoms with Crippen LogP contribution < -0.4 is 16.4 Å². The maximum Gasteiger partial charge on any atom is 0.237 e. The highest BCUT2D eigenvalue weighted by Gasteiger charge is 2.35. The summed E-state index contributed by atoms with van der Waals surface area (Å²) < 4.78 is 7.76. The number of hydrogen-bond donors (Lipinski definition) is 2. The largest absolute Gasteiger partial charge is 0.378 e. The number of rotatable bonds is 7. The first-order valence-electron chi connectivity index (χ1n) is 13.2. The Morgan fingerprint density at radius 2 is 1.76 bits per heavy atom. The van der Waals surface area contributed by atoms with Gasteiger partial charge in [0.25, 0.3) is 0 Å². The van der Waals surface area contributed by atoms with Gasteiger partial charge >= 0.3 is 0 Å². The summed E-state index contributed by atoms with van der Waals surface area (Å²) >= 11 is 0. The molecule has 2 saturated heterocycles. The van der Waals surface area contributed by atoms with Gasteiger partial charge in [0, 0.05) is 52.0 Å². The molecule has 5 rings (SSSR count). The highest BCUT2D eigenvalue weighted by molar-refractivity contribution is 5.86. The number of hydrogen-bond acceptors (Lipinski definition) is 11. The van der Waals surface area contributed by atoms with Crippen LogP contribution in [0.25, 0.3) is 22.6 Å². The van der Waals surface area contributed by atoms with Crippen LogP contribution in [0.15, 0.2) is 6.20 Å². The van der Waals surface area contributed by atoms with E-state index in [0.717, 1.165) is 79.9 Å². The first kappa shape index (κ1) is 26.2. The Bertz CT molecular complexity index is 1320. The Hall–Kier alpha value is -3.42. The monoisotopic (exact) mass is 523 g/mol. The van der Waals surface area contributed by atoms with Crippen molar-refractivity contribution in [3.63, 3.8) is 0 Å². The molecule has 0 aliphatic carbocycles. The molecule has 13 nitrogen and oxygen atoms in total. The number of ether oxygens (including phenoxy) is 1. The number of nitrogens with zero attached hydrogens (tertiary/aromatic N) is 9. The quantitative estimate of drug-likeness (QED) is 0.442. The first-order chi connectivity index (χ1) is 18.2. The van der Waals surface area contributed by atoms with Crippen molar-refractivity contribution in [3.8, 4) is 11.4 Å². The lowest BCUT2D eigenvalue weighted by molar-refractivity contribution is -0.129. The van der Waals surface area contributed by atoms with Crippen molar-refractivity contribution in [2.75, 3.05) is 63.1 Å². The van der Waals surface area contributed by atoms with Crippen LogP contribution >= 0.6 is 0 Å². The van der Waals surface area contributed by atoms with E-state index in [2.05, 4.69) is 36.2 Å². The van der Waals surface area contributed by atoms with Crippen LogP contribution in [0.4, 0.5) is 11.8 Å². The van der Waals surface area contributed by atoms with Crippen molar-refractivity contribution in [1.82, 2.24) is 39.3 Å². The molecule has 38 heavy (non-hydrogen) atoms. The average molecular weight is 524 g/mol. The Morgan fingerprint density at radius 3 is 2.39 bits per heavy atom. The molecule has 5 heterocycles. The van der Waals surface area contributed by atoms with Crippen molar-refractivity contribution in [1.29, 1.82) is 0 Å². The number of amides is 1. The SMILES string of the molecule is CCn1c(CN2CCN(C(C)(C)C(N)=O)CC2)nc2c(N3CCOCC3)nc(-c3cnc(N)nc3C)nc21. The van der Waals surface area contributed by atoms with E-state index in [-0.39, 0.29) is 11.9 Å². The van der Waals surface area contributed by atoms with Gasteiger partial charge in [0.15, 0.2) is 22.8 Å². The number of carbonyl (C=O) groups excluding carboxylic acids is 1. The second-order valence-corrected chi connectivity index (χ2v) is 10.3. The van der Waals surface area contributed by atoms with E-state index < -0.39 is 5.54 Å². The normalized spacial score (nSPS) is 17.8. The lowest BCUT2D eigenvalue weighted by Crippen LogP contribution is -2.59. The van der Waals surface area contributed by atoms with Gasteiger partial charge in [0.05, 0.1) is 36.6 Å². The molecular formula is C25H37N11O2. The Morgan fingerprint density at radius 1 is 1.05 bits per heavy atom. The second kappa shape index (κ2) is 10.4. The third-order valence-corrected chi connectivity index (χ3v) is 7.65. The zero-order chi connectivity index (χ0) is 27.0. The second-order valence-electron chi connectivity index (χ2n) is 10.3. The van der Waals surface area contributed by atoms with Crippen LogP contribution in [0, 0.1) is 6.92 Å². The van der Waals surface area contributed by atoms with Crippen LogP contribution in [-0.2, 0) is 22.6 Å². The summed E-state index contributed by atoms with van der Waals surface area (Å²) in [6.07, 6.45) is 1.68. The predicted molar refractivity (Wildman–Crippen MR) is 144 cm³/mol. The molecule has 0 saturated carbocycles. The number of morpholine rings is 1. The maximum atomic E-state index is 11.9. The molecule has 2 fully saturated rings. The molecular weight excluding hydrogens is 486 g/mol. The average Bonchev–Trinajstić information content (AvgIpc) is 3.25. The molecule has 0 radical (unpaired) electrons. The van der Waals surface area contributed by atoms with Gasteiger partial charge < -0.3 is 25.7 Å². The zero-order valence-electron chi connectivity index (χ0n) is 22.6. The number of piperazine rings is 1. The number of nitrogens with two attached hydrogens (primary N) is 2. The molecule has 0 spiro atoms. The van der Waals surface area contributed by atoms with Crippen LogP contribution in [0.5, 0.6) is 0 Å². The van der Waals surface area contributed by atoms with Crippen molar-refractivity contribution >= 4 is 28.8 Å². The lowest BCUT2D eigenvalue weighted by atomic mass is 10.0. The molecule has 0 atom stereocenters. The van der Waals surface area contributed by atoms with E-state index in [9.17, 15) is 4.79 Å². The zero-order valence-corrected chi connectivity index (χ0v) is 22.6. The molecule has 3 aromatic rings. The van der Waals surface area contributed by atoms with E-state index in [1.165, 1.54) is 0 Å². The highest BCUT2D eigenvalue weighted by atomic mass is 16.5. The van der Waals surface area contributed by atoms with Crippen molar-refractivity contribution in [2.24, 2.45) is 5.73 Å². The van der Waals surface area contributed by atoms with Gasteiger partial charge in [-0.25, -0.2) is 24.9 Å². The summed E-state index contributed by atoms with van der Waals surface area (Å²) in [6.45, 7) is 15.1. The molecule has 0 unspecified atom stereocenters. The van der Waals surface area contributed by atoms with Gasteiger partial charge in [-0.15, -0.1) is 0 Å². The molecule has 1 amide bonds. The number of primary amides is 1. The number of nitrogen functional groups attached to an aromatic ring is 1. The van der Waals surface area contributed by atoms with E-state index in [4.69, 9.17) is 31.2 Å². The first-order valence-corrected chi connectivity index (χ1v) is 13.2. The van der Waals surface area contributed by atoms with Crippen molar-refractivity contribution in [2.45, 2.75) is 46.3 Å². The van der Waals surface area contributed by atoms with Gasteiger partial charge in [-0.3, -0.25) is 14.6 Å². The Kier molecular flexibility index (Phi) is 7.16. The van der Waals surface area contributed by atoms with Gasteiger partial charge in [-0.1, -0.05) is 0 Å². The number of carbonyl (C=O) groups is 1. The number of aryl methyl sites for hydroxylation is 2. The van der Waals surface area contributed by atoms with Gasteiger partial charge in [-0.05, 0) is 27.7 Å². The summed E-state index contributed by atoms with van der Waals surface area (Å²) in [7, 11) is 0. The Labute approximate surface area is 222 Å². The fourth-order valence-electron chi connectivity index (χ4n) is 5.13. The minimum Gasteiger partial charge on any atom is -0.378 e. The lowest BCUT2D eigenvalue weighted by Gasteiger charge is -2.42. The van der Waals surface area contributed by atoms with Crippen LogP contribution in [0.2, 0.25) is 0 Å². The van der Waals surface area contributed by atoms with Gasteiger partial charge in [0.1, 0.15) is 5.82 Å². The molecule has 4 N–H and O–H groups in total. The summed E-state index contributed by atoms with van der Waals surface area (Å²) in [5.41, 5.74) is 13.8. The van der Waals surface area contributed by atoms with E-state index in [1.807, 2.05) is 20.8 Å². The molecule has 2 aliphatic heterocycles. The van der Waals surface area contributed by atoms with E-state index >= 15 is 0 Å². The topological polar surface area (TPSA) is 157 Å². The minimum atomic E-state index is -0.661. The molecule has 204 valence electrons. The number of imidazole rings is 1. The number of aromatic nitrogens is 6. The van der Waals surface area contributed by atoms with Gasteiger partial charge in [0.2, 0.25) is 11.9 Å². The highest BCUT2D eigenvalue weighted by Crippen LogP contribution is 2.30. The molecule has 0 aromatic carbocycles. The molecule has 2 aliphatic rings. The Balaban J connectivity index is 1.50. The molecule has 13 heteroatoms. The standard InChI is InChI=1S/C25H37N11O2/c1-5-36-18(15-33-6-8-35(9-7-33)25(3,4)23(26)37)30-19-21(34-10-12-38-13-11-34)31-20(32-22(19)36)17-14-28-24(27)29-16(17)2/h14H,5-13,15H2,1-4H3,(H2,26,37)(H2,27,28,29). The molecule has 3 aromatic heterocycles. The summed E-state index contributed by atoms with van der Waals surface area (Å²) in [4.78, 5) is 42.2. The fourth-order valence-corrected chi connectivity index (χ4v) is 5.13. The van der Waals surface area contributed by atoms with Crippen molar-refractivity contribution in [3.05, 3.63) is 17.7 Å². The van der Waals surface area contributed by atoms with Crippen LogP contribution in [-0.4, -0.2) is 103 Å². The van der Waals surface area contributed by atoms with E-state index in [1.54, 1.807) is 6.20 Å². The summed E-state index contributed by atoms with van der Waals surface area (Å²) in [5, 5.41) is 0. The van der Waals surface area contributed by atoms with Gasteiger partial charge in [-0.2, -0.15) is 0 Å². The van der Waals surface area contributed by atoms with Crippen molar-refractivity contribution < 1.29 is 9.53 Å². The number of fused-ring (bicyclic) bond motifs is 1. The van der Waals surface area contributed by atoms with Crippen LogP contribution in [0.1, 0.15) is 32.3 Å². The predicted octanol–water partition coefficient (Wildman–Crippen LogP) is 0.412. The summed E-state index contributed by atoms with van der Waals surface area (Å²) in [6, 6.07) is 0. The maximum absolute atomic E-state index is 11.9. The van der Waals surface area contributed by atoms with E-state index in [0.29, 0.717) is 25.6 Å². The third-order valence-electron chi connectivity index (χ3n) is 7.65. The fraction of sp³-hybridized carbons (Fsp3) is 0.600. The minimum absolute atomic E-state index is 0.223. The molecule has 0 bridgehead atoms. The third kappa shape index (κ3) is 4.88. The number of anilines is 2. The smallest absolute Gasteiger partial charge is 0.237 e. The summed E-state index contributed by atoms with van der Waals surface area (Å²) in [5.74, 6) is 2.22. The van der Waals surface area contributed by atoms with Crippen LogP contribution in [0.3, 0.4) is 0 Å².